The molecule has 2 atom stereocenters. The topological polar surface area (TPSA) is 47.6 Å². The zero-order valence-corrected chi connectivity index (χ0v) is 16.9. The molecule has 1 N–H and O–H groups in total. The lowest BCUT2D eigenvalue weighted by Gasteiger charge is -2.34. The summed E-state index contributed by atoms with van der Waals surface area (Å²) >= 11 is 1.80. The predicted octanol–water partition coefficient (Wildman–Crippen LogP) is 5.10. The van der Waals surface area contributed by atoms with E-state index in [-0.39, 0.29) is 18.6 Å². The van der Waals surface area contributed by atoms with Gasteiger partial charge in [0.2, 0.25) is 12.7 Å². The number of hydrogen-bond donors (Lipinski definition) is 1. The van der Waals surface area contributed by atoms with Gasteiger partial charge in [0.15, 0.2) is 11.5 Å². The molecule has 0 saturated heterocycles. The molecule has 4 nitrogen and oxygen atoms in total. The third kappa shape index (κ3) is 2.83. The molecule has 3 aliphatic rings. The van der Waals surface area contributed by atoms with E-state index in [0.29, 0.717) is 17.8 Å². The lowest BCUT2D eigenvalue weighted by atomic mass is 9.71. The summed E-state index contributed by atoms with van der Waals surface area (Å²) in [7, 11) is 0. The quantitative estimate of drug-likeness (QED) is 0.745. The molecule has 2 aromatic rings. The van der Waals surface area contributed by atoms with Gasteiger partial charge in [0.1, 0.15) is 0 Å². The first-order valence-corrected chi connectivity index (χ1v) is 10.6. The number of rotatable bonds is 1. The van der Waals surface area contributed by atoms with Gasteiger partial charge in [-0.25, -0.2) is 0 Å². The Morgan fingerprint density at radius 2 is 1.96 bits per heavy atom. The summed E-state index contributed by atoms with van der Waals surface area (Å²) in [6.07, 6.45) is 3.96. The first-order valence-electron chi connectivity index (χ1n) is 9.74. The number of carbonyl (C=O) groups is 1. The van der Waals surface area contributed by atoms with E-state index >= 15 is 0 Å². The Morgan fingerprint density at radius 1 is 1.15 bits per heavy atom. The molecule has 3 heterocycles. The molecule has 1 amide bonds. The third-order valence-corrected chi connectivity index (χ3v) is 7.51. The maximum Gasteiger partial charge on any atom is 0.231 e. The van der Waals surface area contributed by atoms with Crippen molar-refractivity contribution in [2.24, 2.45) is 11.3 Å². The van der Waals surface area contributed by atoms with E-state index in [1.165, 1.54) is 22.4 Å². The molecule has 0 unspecified atom stereocenters. The molecule has 1 aliphatic carbocycles. The Balaban J connectivity index is 1.56. The fourth-order valence-corrected chi connectivity index (χ4v) is 6.10. The van der Waals surface area contributed by atoms with Crippen LogP contribution in [0.4, 0.5) is 5.00 Å². The molecule has 27 heavy (non-hydrogen) atoms. The molecular weight excluding hydrogens is 358 g/mol. The summed E-state index contributed by atoms with van der Waals surface area (Å²) < 4.78 is 11.0. The van der Waals surface area contributed by atoms with E-state index in [4.69, 9.17) is 9.47 Å². The van der Waals surface area contributed by atoms with Crippen molar-refractivity contribution in [3.8, 4) is 11.5 Å². The molecule has 0 fully saturated rings. The van der Waals surface area contributed by atoms with Crippen LogP contribution in [0.25, 0.3) is 0 Å². The Morgan fingerprint density at radius 3 is 2.78 bits per heavy atom. The van der Waals surface area contributed by atoms with Gasteiger partial charge in [-0.15, -0.1) is 11.3 Å². The Labute approximate surface area is 163 Å². The number of ether oxygens (including phenoxy) is 2. The molecular formula is C22H25NO3S. The van der Waals surface area contributed by atoms with Crippen molar-refractivity contribution in [2.75, 3.05) is 12.1 Å². The van der Waals surface area contributed by atoms with Gasteiger partial charge in [-0.3, -0.25) is 4.79 Å². The van der Waals surface area contributed by atoms with Gasteiger partial charge in [-0.05, 0) is 59.4 Å². The van der Waals surface area contributed by atoms with Crippen LogP contribution >= 0.6 is 11.3 Å². The summed E-state index contributed by atoms with van der Waals surface area (Å²) in [4.78, 5) is 13.9. The first kappa shape index (κ1) is 17.1. The van der Waals surface area contributed by atoms with Crippen molar-refractivity contribution < 1.29 is 14.3 Å². The average molecular weight is 384 g/mol. The number of nitrogens with one attached hydrogen (secondary N) is 1. The largest absolute Gasteiger partial charge is 0.454 e. The van der Waals surface area contributed by atoms with Crippen LogP contribution in [-0.2, 0) is 17.6 Å². The van der Waals surface area contributed by atoms with Gasteiger partial charge >= 0.3 is 0 Å². The fraction of sp³-hybridized carbons (Fsp3) is 0.500. The van der Waals surface area contributed by atoms with Crippen molar-refractivity contribution in [3.63, 3.8) is 0 Å². The highest BCUT2D eigenvalue weighted by Gasteiger charge is 2.37. The molecule has 142 valence electrons. The van der Waals surface area contributed by atoms with Crippen LogP contribution in [0.3, 0.4) is 0 Å². The van der Waals surface area contributed by atoms with Crippen LogP contribution in [0.5, 0.6) is 11.5 Å². The lowest BCUT2D eigenvalue weighted by Crippen LogP contribution is -2.27. The standard InChI is InChI=1S/C22H25NO3S/c1-22(2,3)13-5-6-14-18(9-13)27-21-20(14)15(10-19(24)23-21)12-4-7-16-17(8-12)26-11-25-16/h4,7-8,13,15H,5-6,9-11H2,1-3H3,(H,23,24)/t13-,15+/m0/s1. The van der Waals surface area contributed by atoms with Gasteiger partial charge < -0.3 is 14.8 Å². The minimum absolute atomic E-state index is 0.106. The number of hydrogen-bond acceptors (Lipinski definition) is 4. The Hall–Kier alpha value is -2.01. The molecule has 5 heteroatoms. The van der Waals surface area contributed by atoms with Crippen molar-refractivity contribution in [1.82, 2.24) is 0 Å². The van der Waals surface area contributed by atoms with Gasteiger partial charge in [-0.2, -0.15) is 0 Å². The highest BCUT2D eigenvalue weighted by atomic mass is 32.1. The predicted molar refractivity (Wildman–Crippen MR) is 107 cm³/mol. The maximum atomic E-state index is 12.4. The van der Waals surface area contributed by atoms with Crippen LogP contribution in [-0.4, -0.2) is 12.7 Å². The second-order valence-electron chi connectivity index (χ2n) is 8.97. The van der Waals surface area contributed by atoms with Gasteiger partial charge in [0.25, 0.3) is 0 Å². The van der Waals surface area contributed by atoms with E-state index in [0.717, 1.165) is 34.9 Å². The second kappa shape index (κ2) is 5.99. The van der Waals surface area contributed by atoms with Gasteiger partial charge in [-0.1, -0.05) is 26.8 Å². The number of carbonyl (C=O) groups excluding carboxylic acids is 1. The summed E-state index contributed by atoms with van der Waals surface area (Å²) in [6.45, 7) is 7.30. The average Bonchev–Trinajstić information content (AvgIpc) is 3.22. The van der Waals surface area contributed by atoms with E-state index in [2.05, 4.69) is 38.2 Å². The van der Waals surface area contributed by atoms with Crippen LogP contribution < -0.4 is 14.8 Å². The SMILES string of the molecule is CC(C)(C)[C@H]1CCc2c(sc3c2[C@@H](c2ccc4c(c2)OCO4)CC(=O)N3)C1. The third-order valence-electron chi connectivity index (χ3n) is 6.32. The molecule has 5 rings (SSSR count). The minimum Gasteiger partial charge on any atom is -0.454 e. The van der Waals surface area contributed by atoms with E-state index in [1.807, 2.05) is 6.07 Å². The highest BCUT2D eigenvalue weighted by molar-refractivity contribution is 7.16. The minimum atomic E-state index is 0.106. The molecule has 0 spiro atoms. The summed E-state index contributed by atoms with van der Waals surface area (Å²) in [6, 6.07) is 6.12. The lowest BCUT2D eigenvalue weighted by molar-refractivity contribution is -0.116. The highest BCUT2D eigenvalue weighted by Crippen LogP contribution is 2.51. The van der Waals surface area contributed by atoms with Crippen molar-refractivity contribution >= 4 is 22.2 Å². The molecule has 1 aromatic heterocycles. The Kier molecular flexibility index (Phi) is 3.80. The van der Waals surface area contributed by atoms with Crippen molar-refractivity contribution in [3.05, 3.63) is 39.8 Å². The van der Waals surface area contributed by atoms with Crippen molar-refractivity contribution in [1.29, 1.82) is 0 Å². The number of benzene rings is 1. The number of anilines is 1. The first-order chi connectivity index (χ1) is 12.9. The van der Waals surface area contributed by atoms with E-state index < -0.39 is 0 Å². The monoisotopic (exact) mass is 383 g/mol. The maximum absolute atomic E-state index is 12.4. The molecule has 0 bridgehead atoms. The van der Waals surface area contributed by atoms with E-state index in [9.17, 15) is 4.79 Å². The van der Waals surface area contributed by atoms with Crippen LogP contribution in [0.15, 0.2) is 18.2 Å². The smallest absolute Gasteiger partial charge is 0.231 e. The number of fused-ring (bicyclic) bond motifs is 4. The van der Waals surface area contributed by atoms with Crippen LogP contribution in [0.2, 0.25) is 0 Å². The van der Waals surface area contributed by atoms with Crippen molar-refractivity contribution in [2.45, 2.75) is 52.4 Å². The molecule has 1 aromatic carbocycles. The zero-order chi connectivity index (χ0) is 18.8. The molecule has 0 radical (unpaired) electrons. The summed E-state index contributed by atoms with van der Waals surface area (Å²) in [5.41, 5.74) is 4.30. The molecule has 0 saturated carbocycles. The second-order valence-corrected chi connectivity index (χ2v) is 10.1. The van der Waals surface area contributed by atoms with Gasteiger partial charge in [0, 0.05) is 17.2 Å². The summed E-state index contributed by atoms with van der Waals surface area (Å²) in [5, 5.41) is 4.21. The fourth-order valence-electron chi connectivity index (χ4n) is 4.69. The Bertz CT molecular complexity index is 924. The normalized spacial score (nSPS) is 23.6. The van der Waals surface area contributed by atoms with Crippen LogP contribution in [0.1, 0.15) is 61.1 Å². The zero-order valence-electron chi connectivity index (χ0n) is 16.1. The van der Waals surface area contributed by atoms with Gasteiger partial charge in [0.05, 0.1) is 5.00 Å². The number of thiophene rings is 1. The molecule has 2 aliphatic heterocycles. The van der Waals surface area contributed by atoms with E-state index in [1.54, 1.807) is 11.3 Å². The van der Waals surface area contributed by atoms with Crippen LogP contribution in [0, 0.1) is 11.3 Å². The summed E-state index contributed by atoms with van der Waals surface area (Å²) in [5.74, 6) is 2.49. The number of amides is 1.